The van der Waals surface area contributed by atoms with Crippen molar-refractivity contribution in [2.24, 2.45) is 0 Å². The lowest BCUT2D eigenvalue weighted by Crippen LogP contribution is -2.32. The van der Waals surface area contributed by atoms with E-state index in [1.54, 1.807) is 21.1 Å². The molecule has 0 N–H and O–H groups in total. The van der Waals surface area contributed by atoms with Gasteiger partial charge in [0.15, 0.2) is 11.5 Å². The predicted octanol–water partition coefficient (Wildman–Crippen LogP) is 2.34. The molecule has 1 heterocycles. The molecular weight excluding hydrogens is 242 g/mol. The highest BCUT2D eigenvalue weighted by atomic mass is 16.5. The van der Waals surface area contributed by atoms with Crippen molar-refractivity contribution in [2.45, 2.75) is 13.3 Å². The van der Waals surface area contributed by atoms with Crippen LogP contribution in [0.1, 0.15) is 18.9 Å². The Bertz CT molecular complexity index is 508. The number of ether oxygens (including phenoxy) is 2. The summed E-state index contributed by atoms with van der Waals surface area (Å²) in [6, 6.07) is 5.91. The van der Waals surface area contributed by atoms with Gasteiger partial charge >= 0.3 is 0 Å². The van der Waals surface area contributed by atoms with E-state index in [2.05, 4.69) is 6.08 Å². The molecule has 4 nitrogen and oxygen atoms in total. The van der Waals surface area contributed by atoms with Crippen LogP contribution in [0.3, 0.4) is 0 Å². The number of amides is 1. The lowest BCUT2D eigenvalue weighted by atomic mass is 9.99. The van der Waals surface area contributed by atoms with E-state index in [9.17, 15) is 4.79 Å². The standard InChI is InChI=1S/C15H19NO3/c1-11(17)16-8-6-12(7-9-16)13-4-5-14(18-2)15(10-13)19-3/h4-6,10H,7-9H2,1-3H3. The minimum atomic E-state index is 0.127. The summed E-state index contributed by atoms with van der Waals surface area (Å²) in [4.78, 5) is 13.1. The average molecular weight is 261 g/mol. The van der Waals surface area contributed by atoms with Gasteiger partial charge < -0.3 is 14.4 Å². The molecule has 0 spiro atoms. The molecule has 0 bridgehead atoms. The normalized spacial score (nSPS) is 14.9. The Labute approximate surface area is 113 Å². The van der Waals surface area contributed by atoms with E-state index >= 15 is 0 Å². The van der Waals surface area contributed by atoms with Crippen LogP contribution in [-0.4, -0.2) is 38.1 Å². The van der Waals surface area contributed by atoms with Gasteiger partial charge in [0.05, 0.1) is 14.2 Å². The summed E-state index contributed by atoms with van der Waals surface area (Å²) >= 11 is 0. The number of rotatable bonds is 3. The van der Waals surface area contributed by atoms with Crippen LogP contribution in [0.15, 0.2) is 24.3 Å². The molecule has 0 saturated heterocycles. The number of hydrogen-bond donors (Lipinski definition) is 0. The second-order valence-electron chi connectivity index (χ2n) is 4.51. The maximum absolute atomic E-state index is 11.3. The van der Waals surface area contributed by atoms with E-state index in [0.29, 0.717) is 6.54 Å². The van der Waals surface area contributed by atoms with E-state index in [4.69, 9.17) is 9.47 Å². The molecule has 1 aliphatic heterocycles. The first kappa shape index (κ1) is 13.5. The Morgan fingerprint density at radius 2 is 1.95 bits per heavy atom. The van der Waals surface area contributed by atoms with Gasteiger partial charge in [0.2, 0.25) is 5.91 Å². The molecule has 1 amide bonds. The quantitative estimate of drug-likeness (QED) is 0.838. The Balaban J connectivity index is 2.21. The maximum atomic E-state index is 11.3. The highest BCUT2D eigenvalue weighted by molar-refractivity contribution is 5.76. The third-order valence-corrected chi connectivity index (χ3v) is 3.41. The smallest absolute Gasteiger partial charge is 0.219 e. The fourth-order valence-electron chi connectivity index (χ4n) is 2.25. The van der Waals surface area contributed by atoms with Crippen LogP contribution < -0.4 is 9.47 Å². The molecule has 0 radical (unpaired) electrons. The molecule has 0 unspecified atom stereocenters. The minimum Gasteiger partial charge on any atom is -0.493 e. The molecule has 2 rings (SSSR count). The second-order valence-corrected chi connectivity index (χ2v) is 4.51. The van der Waals surface area contributed by atoms with Crippen molar-refractivity contribution in [1.82, 2.24) is 4.90 Å². The first-order valence-electron chi connectivity index (χ1n) is 6.32. The van der Waals surface area contributed by atoms with Gasteiger partial charge in [-0.1, -0.05) is 12.1 Å². The SMILES string of the molecule is COc1ccc(C2=CCN(C(C)=O)CC2)cc1OC. The zero-order valence-electron chi connectivity index (χ0n) is 11.6. The molecule has 1 aromatic carbocycles. The van der Waals surface area contributed by atoms with E-state index in [-0.39, 0.29) is 5.91 Å². The van der Waals surface area contributed by atoms with Crippen molar-refractivity contribution in [3.05, 3.63) is 29.8 Å². The fraction of sp³-hybridized carbons (Fsp3) is 0.400. The molecular formula is C15H19NO3. The summed E-state index contributed by atoms with van der Waals surface area (Å²) in [7, 11) is 3.26. The topological polar surface area (TPSA) is 38.8 Å². The molecule has 0 atom stereocenters. The lowest BCUT2D eigenvalue weighted by molar-refractivity contribution is -0.128. The van der Waals surface area contributed by atoms with Gasteiger partial charge in [0.1, 0.15) is 0 Å². The number of benzene rings is 1. The predicted molar refractivity (Wildman–Crippen MR) is 74.4 cm³/mol. The van der Waals surface area contributed by atoms with Crippen LogP contribution in [0, 0.1) is 0 Å². The number of carbonyl (C=O) groups is 1. The Hall–Kier alpha value is -1.97. The average Bonchev–Trinajstić information content (AvgIpc) is 2.46. The van der Waals surface area contributed by atoms with Crippen LogP contribution in [0.4, 0.5) is 0 Å². The van der Waals surface area contributed by atoms with E-state index < -0.39 is 0 Å². The van der Waals surface area contributed by atoms with E-state index in [0.717, 1.165) is 30.0 Å². The first-order valence-corrected chi connectivity index (χ1v) is 6.32. The van der Waals surface area contributed by atoms with Crippen LogP contribution in [0.25, 0.3) is 5.57 Å². The Morgan fingerprint density at radius 3 is 2.47 bits per heavy atom. The summed E-state index contributed by atoms with van der Waals surface area (Å²) in [6.45, 7) is 3.06. The highest BCUT2D eigenvalue weighted by Crippen LogP contribution is 2.32. The van der Waals surface area contributed by atoms with Gasteiger partial charge in [-0.05, 0) is 29.7 Å². The van der Waals surface area contributed by atoms with Gasteiger partial charge in [-0.25, -0.2) is 0 Å². The van der Waals surface area contributed by atoms with Crippen molar-refractivity contribution < 1.29 is 14.3 Å². The van der Waals surface area contributed by atoms with Gasteiger partial charge in [-0.2, -0.15) is 0 Å². The molecule has 0 saturated carbocycles. The third kappa shape index (κ3) is 2.89. The van der Waals surface area contributed by atoms with Crippen LogP contribution in [0.2, 0.25) is 0 Å². The van der Waals surface area contributed by atoms with Crippen molar-refractivity contribution >= 4 is 11.5 Å². The molecule has 4 heteroatoms. The summed E-state index contributed by atoms with van der Waals surface area (Å²) in [6.07, 6.45) is 2.97. The summed E-state index contributed by atoms with van der Waals surface area (Å²) < 4.78 is 10.5. The monoisotopic (exact) mass is 261 g/mol. The number of methoxy groups -OCH3 is 2. The second kappa shape index (κ2) is 5.78. The van der Waals surface area contributed by atoms with Crippen molar-refractivity contribution in [3.8, 4) is 11.5 Å². The molecule has 0 fully saturated rings. The van der Waals surface area contributed by atoms with E-state index in [1.807, 2.05) is 23.1 Å². The Morgan fingerprint density at radius 1 is 1.21 bits per heavy atom. The lowest BCUT2D eigenvalue weighted by Gasteiger charge is -2.25. The van der Waals surface area contributed by atoms with Gasteiger partial charge in [-0.3, -0.25) is 4.79 Å². The van der Waals surface area contributed by atoms with Crippen LogP contribution in [-0.2, 0) is 4.79 Å². The summed E-state index contributed by atoms with van der Waals surface area (Å²) in [5.74, 6) is 1.59. The summed E-state index contributed by atoms with van der Waals surface area (Å²) in [5.41, 5.74) is 2.37. The minimum absolute atomic E-state index is 0.127. The van der Waals surface area contributed by atoms with Crippen molar-refractivity contribution in [2.75, 3.05) is 27.3 Å². The first-order chi connectivity index (χ1) is 9.15. The van der Waals surface area contributed by atoms with Crippen molar-refractivity contribution in [3.63, 3.8) is 0 Å². The Kier molecular flexibility index (Phi) is 4.10. The molecule has 0 aliphatic carbocycles. The number of carbonyl (C=O) groups excluding carboxylic acids is 1. The molecule has 102 valence electrons. The fourth-order valence-corrected chi connectivity index (χ4v) is 2.25. The van der Waals surface area contributed by atoms with Crippen LogP contribution >= 0.6 is 0 Å². The largest absolute Gasteiger partial charge is 0.493 e. The van der Waals surface area contributed by atoms with Gasteiger partial charge in [0, 0.05) is 20.0 Å². The van der Waals surface area contributed by atoms with Crippen LogP contribution in [0.5, 0.6) is 11.5 Å². The van der Waals surface area contributed by atoms with E-state index in [1.165, 1.54) is 5.57 Å². The van der Waals surface area contributed by atoms with Gasteiger partial charge in [0.25, 0.3) is 0 Å². The molecule has 0 aromatic heterocycles. The summed E-state index contributed by atoms with van der Waals surface area (Å²) in [5, 5.41) is 0. The molecule has 1 aliphatic rings. The maximum Gasteiger partial charge on any atom is 0.219 e. The zero-order chi connectivity index (χ0) is 13.8. The third-order valence-electron chi connectivity index (χ3n) is 3.41. The molecule has 1 aromatic rings. The number of hydrogen-bond acceptors (Lipinski definition) is 3. The number of nitrogens with zero attached hydrogens (tertiary/aromatic N) is 1. The molecule has 19 heavy (non-hydrogen) atoms. The van der Waals surface area contributed by atoms with Gasteiger partial charge in [-0.15, -0.1) is 0 Å². The zero-order valence-corrected chi connectivity index (χ0v) is 11.6. The highest BCUT2D eigenvalue weighted by Gasteiger charge is 2.15. The van der Waals surface area contributed by atoms with Crippen molar-refractivity contribution in [1.29, 1.82) is 0 Å².